The SMILES string of the molecule is O=C(NCCn1cnc2ccccc21)C(c1ccc(Cl)cc1Cl)N1CCOCC1. The van der Waals surface area contributed by atoms with Gasteiger partial charge >= 0.3 is 0 Å². The molecular formula is C21H22Cl2N4O2. The third-order valence-electron chi connectivity index (χ3n) is 5.10. The number of amides is 1. The fourth-order valence-electron chi connectivity index (χ4n) is 3.65. The number of hydrogen-bond acceptors (Lipinski definition) is 4. The van der Waals surface area contributed by atoms with E-state index in [1.54, 1.807) is 18.5 Å². The molecular weight excluding hydrogens is 411 g/mol. The largest absolute Gasteiger partial charge is 0.379 e. The molecule has 1 aromatic heterocycles. The predicted molar refractivity (Wildman–Crippen MR) is 114 cm³/mol. The first-order valence-electron chi connectivity index (χ1n) is 9.58. The van der Waals surface area contributed by atoms with Gasteiger partial charge < -0.3 is 14.6 Å². The highest BCUT2D eigenvalue weighted by atomic mass is 35.5. The molecule has 1 atom stereocenters. The highest BCUT2D eigenvalue weighted by Gasteiger charge is 2.30. The average molecular weight is 433 g/mol. The second-order valence-electron chi connectivity index (χ2n) is 6.93. The first-order chi connectivity index (χ1) is 14.1. The Morgan fingerprint density at radius 3 is 2.76 bits per heavy atom. The first kappa shape index (κ1) is 20.2. The molecule has 3 aromatic rings. The molecule has 2 aromatic carbocycles. The summed E-state index contributed by atoms with van der Waals surface area (Å²) in [6.45, 7) is 3.65. The lowest BCUT2D eigenvalue weighted by atomic mass is 10.0. The number of imidazole rings is 1. The van der Waals surface area contributed by atoms with E-state index in [1.165, 1.54) is 0 Å². The van der Waals surface area contributed by atoms with E-state index in [9.17, 15) is 4.79 Å². The normalized spacial score (nSPS) is 16.1. The number of nitrogens with zero attached hydrogens (tertiary/aromatic N) is 3. The van der Waals surface area contributed by atoms with Crippen molar-refractivity contribution in [3.63, 3.8) is 0 Å². The van der Waals surface area contributed by atoms with E-state index in [2.05, 4.69) is 15.2 Å². The van der Waals surface area contributed by atoms with Crippen LogP contribution in [0.25, 0.3) is 11.0 Å². The van der Waals surface area contributed by atoms with Crippen molar-refractivity contribution in [1.82, 2.24) is 19.8 Å². The number of para-hydroxylation sites is 2. The summed E-state index contributed by atoms with van der Waals surface area (Å²) in [7, 11) is 0. The van der Waals surface area contributed by atoms with Crippen molar-refractivity contribution < 1.29 is 9.53 Å². The van der Waals surface area contributed by atoms with Gasteiger partial charge in [0.2, 0.25) is 5.91 Å². The topological polar surface area (TPSA) is 59.4 Å². The van der Waals surface area contributed by atoms with Crippen molar-refractivity contribution in [3.8, 4) is 0 Å². The fourth-order valence-corrected chi connectivity index (χ4v) is 4.16. The number of carbonyl (C=O) groups excluding carboxylic acids is 1. The Kier molecular flexibility index (Phi) is 6.35. The molecule has 0 spiro atoms. The van der Waals surface area contributed by atoms with Gasteiger partial charge in [0.1, 0.15) is 6.04 Å². The van der Waals surface area contributed by atoms with Crippen LogP contribution in [0.2, 0.25) is 10.0 Å². The number of nitrogens with one attached hydrogen (secondary N) is 1. The van der Waals surface area contributed by atoms with Crippen LogP contribution in [-0.2, 0) is 16.1 Å². The lowest BCUT2D eigenvalue weighted by Gasteiger charge is -2.34. The predicted octanol–water partition coefficient (Wildman–Crippen LogP) is 3.53. The Hall–Kier alpha value is -2.12. The Bertz CT molecular complexity index is 1000. The first-order valence-corrected chi connectivity index (χ1v) is 10.3. The maximum Gasteiger partial charge on any atom is 0.242 e. The standard InChI is InChI=1S/C21H22Cl2N4O2/c22-15-5-6-16(17(23)13-15)20(26-9-11-29-12-10-26)21(28)24-7-8-27-14-25-18-3-1-2-4-19(18)27/h1-6,13-14,20H,7-12H2,(H,24,28). The van der Waals surface area contributed by atoms with E-state index < -0.39 is 6.04 Å². The number of halogens is 2. The highest BCUT2D eigenvalue weighted by molar-refractivity contribution is 6.35. The van der Waals surface area contributed by atoms with E-state index in [0.29, 0.717) is 49.4 Å². The minimum absolute atomic E-state index is 0.0828. The molecule has 152 valence electrons. The monoisotopic (exact) mass is 432 g/mol. The number of aromatic nitrogens is 2. The number of benzene rings is 2. The maximum atomic E-state index is 13.2. The Morgan fingerprint density at radius 2 is 1.97 bits per heavy atom. The van der Waals surface area contributed by atoms with E-state index in [0.717, 1.165) is 16.6 Å². The summed E-state index contributed by atoms with van der Waals surface area (Å²) in [4.78, 5) is 19.7. The third-order valence-corrected chi connectivity index (χ3v) is 5.66. The molecule has 1 amide bonds. The fraction of sp³-hybridized carbons (Fsp3) is 0.333. The summed E-state index contributed by atoms with van der Waals surface area (Å²) in [6.07, 6.45) is 1.80. The van der Waals surface area contributed by atoms with E-state index >= 15 is 0 Å². The average Bonchev–Trinajstić information content (AvgIpc) is 3.14. The van der Waals surface area contributed by atoms with Crippen LogP contribution in [0.15, 0.2) is 48.8 Å². The van der Waals surface area contributed by atoms with Crippen LogP contribution in [0, 0.1) is 0 Å². The molecule has 0 aliphatic carbocycles. The Balaban J connectivity index is 1.48. The van der Waals surface area contributed by atoms with Crippen molar-refractivity contribution >= 4 is 40.1 Å². The minimum Gasteiger partial charge on any atom is -0.379 e. The van der Waals surface area contributed by atoms with Crippen LogP contribution in [0.4, 0.5) is 0 Å². The zero-order valence-corrected chi connectivity index (χ0v) is 17.4. The summed E-state index contributed by atoms with van der Waals surface area (Å²) in [5.41, 5.74) is 2.74. The van der Waals surface area contributed by atoms with Gasteiger partial charge in [0.15, 0.2) is 0 Å². The number of carbonyl (C=O) groups is 1. The van der Waals surface area contributed by atoms with Crippen LogP contribution >= 0.6 is 23.2 Å². The molecule has 1 N–H and O–H groups in total. The van der Waals surface area contributed by atoms with Crippen molar-refractivity contribution in [3.05, 3.63) is 64.4 Å². The van der Waals surface area contributed by atoms with Crippen LogP contribution < -0.4 is 5.32 Å². The Morgan fingerprint density at radius 1 is 1.17 bits per heavy atom. The van der Waals surface area contributed by atoms with E-state index in [-0.39, 0.29) is 5.91 Å². The zero-order valence-electron chi connectivity index (χ0n) is 15.9. The van der Waals surface area contributed by atoms with Gasteiger partial charge in [0, 0.05) is 36.2 Å². The van der Waals surface area contributed by atoms with Gasteiger partial charge in [-0.2, -0.15) is 0 Å². The van der Waals surface area contributed by atoms with Gasteiger partial charge in [-0.1, -0.05) is 41.4 Å². The van der Waals surface area contributed by atoms with Gasteiger partial charge in [0.05, 0.1) is 30.6 Å². The minimum atomic E-state index is -0.483. The molecule has 1 saturated heterocycles. The lowest BCUT2D eigenvalue weighted by Crippen LogP contribution is -2.46. The molecule has 8 heteroatoms. The van der Waals surface area contributed by atoms with Crippen molar-refractivity contribution in [2.45, 2.75) is 12.6 Å². The summed E-state index contributed by atoms with van der Waals surface area (Å²) in [5, 5.41) is 4.10. The highest BCUT2D eigenvalue weighted by Crippen LogP contribution is 2.30. The summed E-state index contributed by atoms with van der Waals surface area (Å²) >= 11 is 12.5. The quantitative estimate of drug-likeness (QED) is 0.646. The number of rotatable bonds is 6. The van der Waals surface area contributed by atoms with Gasteiger partial charge in [0.25, 0.3) is 0 Å². The van der Waals surface area contributed by atoms with Crippen LogP contribution in [0.1, 0.15) is 11.6 Å². The van der Waals surface area contributed by atoms with Gasteiger partial charge in [-0.25, -0.2) is 4.98 Å². The summed E-state index contributed by atoms with van der Waals surface area (Å²) in [6, 6.07) is 12.7. The van der Waals surface area contributed by atoms with Crippen LogP contribution in [0.5, 0.6) is 0 Å². The molecule has 4 rings (SSSR count). The van der Waals surface area contributed by atoms with Crippen molar-refractivity contribution in [2.75, 3.05) is 32.8 Å². The molecule has 29 heavy (non-hydrogen) atoms. The van der Waals surface area contributed by atoms with Gasteiger partial charge in [-0.15, -0.1) is 0 Å². The van der Waals surface area contributed by atoms with Crippen LogP contribution in [-0.4, -0.2) is 53.2 Å². The molecule has 0 radical (unpaired) electrons. The number of fused-ring (bicyclic) bond motifs is 1. The molecule has 1 aliphatic rings. The Labute approximate surface area is 179 Å². The van der Waals surface area contributed by atoms with E-state index in [1.807, 2.05) is 34.9 Å². The molecule has 1 fully saturated rings. The molecule has 1 aliphatic heterocycles. The molecule has 2 heterocycles. The molecule has 1 unspecified atom stereocenters. The zero-order chi connectivity index (χ0) is 20.2. The second kappa shape index (κ2) is 9.13. The number of morpholine rings is 1. The number of hydrogen-bond donors (Lipinski definition) is 1. The molecule has 0 bridgehead atoms. The van der Waals surface area contributed by atoms with Gasteiger partial charge in [-0.05, 0) is 29.8 Å². The summed E-state index contributed by atoms with van der Waals surface area (Å²) in [5.74, 6) is -0.0828. The van der Waals surface area contributed by atoms with Gasteiger partial charge in [-0.3, -0.25) is 9.69 Å². The third kappa shape index (κ3) is 4.56. The maximum absolute atomic E-state index is 13.2. The lowest BCUT2D eigenvalue weighted by molar-refractivity contribution is -0.128. The smallest absolute Gasteiger partial charge is 0.242 e. The van der Waals surface area contributed by atoms with Crippen molar-refractivity contribution in [1.29, 1.82) is 0 Å². The molecule has 6 nitrogen and oxygen atoms in total. The van der Waals surface area contributed by atoms with E-state index in [4.69, 9.17) is 27.9 Å². The van der Waals surface area contributed by atoms with Crippen molar-refractivity contribution in [2.24, 2.45) is 0 Å². The second-order valence-corrected chi connectivity index (χ2v) is 7.78. The molecule has 0 saturated carbocycles. The van der Waals surface area contributed by atoms with Crippen LogP contribution in [0.3, 0.4) is 0 Å². The number of ether oxygens (including phenoxy) is 1. The summed E-state index contributed by atoms with van der Waals surface area (Å²) < 4.78 is 7.48.